The Hall–Kier alpha value is -1.09. The van der Waals surface area contributed by atoms with Crippen molar-refractivity contribution in [3.8, 4) is 0 Å². The fourth-order valence-electron chi connectivity index (χ4n) is 6.17. The highest BCUT2D eigenvalue weighted by atomic mass is 16.3. The predicted octanol–water partition coefficient (Wildman–Crippen LogP) is 13.5. The van der Waals surface area contributed by atoms with Gasteiger partial charge < -0.3 is 10.4 Å². The molecule has 45 heavy (non-hydrogen) atoms. The van der Waals surface area contributed by atoms with Gasteiger partial charge in [0.1, 0.15) is 0 Å². The monoisotopic (exact) mass is 632 g/mol. The van der Waals surface area contributed by atoms with Crippen molar-refractivity contribution in [2.45, 2.75) is 238 Å². The normalized spacial score (nSPS) is 13.2. The highest BCUT2D eigenvalue weighted by molar-refractivity contribution is 5.76. The minimum absolute atomic E-state index is 0.107. The molecule has 0 aliphatic rings. The van der Waals surface area contributed by atoms with Crippen LogP contribution in [-0.2, 0) is 4.79 Å². The summed E-state index contributed by atoms with van der Waals surface area (Å²) in [6.07, 6.45) is 49.6. The number of amides is 1. The molecule has 0 aromatic rings. The minimum atomic E-state index is -0.425. The van der Waals surface area contributed by atoms with E-state index in [2.05, 4.69) is 43.5 Å². The highest BCUT2D eigenvalue weighted by Crippen LogP contribution is 2.15. The number of aliphatic hydroxyl groups is 1. The SMILES string of the molecule is CCCC=CCCCCCCCCCCC(O)C(C)NC(=O)CCCCCCCCCCCCCC=CCCCCCCCC. The Morgan fingerprint density at radius 3 is 1.27 bits per heavy atom. The molecular formula is C42H81NO2. The van der Waals surface area contributed by atoms with E-state index in [0.717, 1.165) is 25.7 Å². The lowest BCUT2D eigenvalue weighted by molar-refractivity contribution is -0.122. The Bertz CT molecular complexity index is 643. The van der Waals surface area contributed by atoms with E-state index in [1.54, 1.807) is 0 Å². The van der Waals surface area contributed by atoms with Gasteiger partial charge in [0.25, 0.3) is 0 Å². The third-order valence-electron chi connectivity index (χ3n) is 9.37. The van der Waals surface area contributed by atoms with Crippen molar-refractivity contribution in [3.05, 3.63) is 24.3 Å². The third-order valence-corrected chi connectivity index (χ3v) is 9.37. The summed E-state index contributed by atoms with van der Waals surface area (Å²) < 4.78 is 0. The molecule has 0 aliphatic heterocycles. The Kier molecular flexibility index (Phi) is 36.5. The van der Waals surface area contributed by atoms with Crippen LogP contribution in [0.25, 0.3) is 0 Å². The predicted molar refractivity (Wildman–Crippen MR) is 201 cm³/mol. The van der Waals surface area contributed by atoms with Crippen LogP contribution in [-0.4, -0.2) is 23.2 Å². The van der Waals surface area contributed by atoms with Gasteiger partial charge in [-0.3, -0.25) is 4.79 Å². The van der Waals surface area contributed by atoms with Crippen molar-refractivity contribution in [2.24, 2.45) is 0 Å². The summed E-state index contributed by atoms with van der Waals surface area (Å²) in [5, 5.41) is 13.5. The molecule has 0 bridgehead atoms. The second kappa shape index (κ2) is 37.4. The van der Waals surface area contributed by atoms with E-state index in [1.165, 1.54) is 173 Å². The topological polar surface area (TPSA) is 49.3 Å². The van der Waals surface area contributed by atoms with Gasteiger partial charge in [-0.05, 0) is 64.7 Å². The molecule has 2 N–H and O–H groups in total. The maximum atomic E-state index is 12.3. The van der Waals surface area contributed by atoms with Gasteiger partial charge in [-0.25, -0.2) is 0 Å². The number of aliphatic hydroxyl groups excluding tert-OH is 1. The quantitative estimate of drug-likeness (QED) is 0.0534. The van der Waals surface area contributed by atoms with Crippen molar-refractivity contribution >= 4 is 5.91 Å². The van der Waals surface area contributed by atoms with Gasteiger partial charge in [0.05, 0.1) is 12.1 Å². The van der Waals surface area contributed by atoms with E-state index < -0.39 is 6.10 Å². The van der Waals surface area contributed by atoms with Crippen molar-refractivity contribution in [1.82, 2.24) is 5.32 Å². The number of carbonyl (C=O) groups excluding carboxylic acids is 1. The summed E-state index contributed by atoms with van der Waals surface area (Å²) >= 11 is 0. The van der Waals surface area contributed by atoms with E-state index in [-0.39, 0.29) is 11.9 Å². The summed E-state index contributed by atoms with van der Waals surface area (Å²) in [7, 11) is 0. The molecule has 0 radical (unpaired) electrons. The number of hydrogen-bond donors (Lipinski definition) is 2. The molecule has 1 amide bonds. The molecule has 2 atom stereocenters. The van der Waals surface area contributed by atoms with Crippen LogP contribution in [0.5, 0.6) is 0 Å². The zero-order chi connectivity index (χ0) is 32.9. The molecule has 0 saturated carbocycles. The minimum Gasteiger partial charge on any atom is -0.391 e. The van der Waals surface area contributed by atoms with Gasteiger partial charge in [0.15, 0.2) is 0 Å². The molecule has 0 spiro atoms. The number of carbonyl (C=O) groups is 1. The number of nitrogens with one attached hydrogen (secondary N) is 1. The van der Waals surface area contributed by atoms with Crippen LogP contribution in [0.3, 0.4) is 0 Å². The second-order valence-electron chi connectivity index (χ2n) is 14.0. The lowest BCUT2D eigenvalue weighted by atomic mass is 10.0. The molecular weight excluding hydrogens is 550 g/mol. The maximum absolute atomic E-state index is 12.3. The molecule has 0 aromatic carbocycles. The molecule has 0 aliphatic carbocycles. The first-order chi connectivity index (χ1) is 22.1. The molecule has 0 aromatic heterocycles. The van der Waals surface area contributed by atoms with E-state index in [9.17, 15) is 9.90 Å². The first-order valence-electron chi connectivity index (χ1n) is 20.4. The molecule has 3 heteroatoms. The third kappa shape index (κ3) is 35.6. The Labute approximate surface area is 283 Å². The fraction of sp³-hybridized carbons (Fsp3) is 0.881. The zero-order valence-electron chi connectivity index (χ0n) is 30.9. The smallest absolute Gasteiger partial charge is 0.220 e. The van der Waals surface area contributed by atoms with Gasteiger partial charge in [-0.2, -0.15) is 0 Å². The Morgan fingerprint density at radius 2 is 0.844 bits per heavy atom. The Balaban J connectivity index is 3.40. The van der Waals surface area contributed by atoms with Gasteiger partial charge in [-0.1, -0.05) is 179 Å². The Morgan fingerprint density at radius 1 is 0.489 bits per heavy atom. The van der Waals surface area contributed by atoms with E-state index in [1.807, 2.05) is 6.92 Å². The van der Waals surface area contributed by atoms with Crippen molar-refractivity contribution in [3.63, 3.8) is 0 Å². The van der Waals surface area contributed by atoms with Crippen molar-refractivity contribution in [2.75, 3.05) is 0 Å². The van der Waals surface area contributed by atoms with Crippen LogP contribution in [0, 0.1) is 0 Å². The fourth-order valence-corrected chi connectivity index (χ4v) is 6.17. The van der Waals surface area contributed by atoms with Crippen LogP contribution in [0.15, 0.2) is 24.3 Å². The summed E-state index contributed by atoms with van der Waals surface area (Å²) in [5.41, 5.74) is 0. The largest absolute Gasteiger partial charge is 0.391 e. The maximum Gasteiger partial charge on any atom is 0.220 e. The number of allylic oxidation sites excluding steroid dienone is 4. The van der Waals surface area contributed by atoms with E-state index >= 15 is 0 Å². The number of unbranched alkanes of at least 4 members (excludes halogenated alkanes) is 26. The second-order valence-corrected chi connectivity index (χ2v) is 14.0. The van der Waals surface area contributed by atoms with E-state index in [4.69, 9.17) is 0 Å². The van der Waals surface area contributed by atoms with Gasteiger partial charge >= 0.3 is 0 Å². The van der Waals surface area contributed by atoms with E-state index in [0.29, 0.717) is 6.42 Å². The van der Waals surface area contributed by atoms with Crippen LogP contribution >= 0.6 is 0 Å². The highest BCUT2D eigenvalue weighted by Gasteiger charge is 2.15. The molecule has 2 unspecified atom stereocenters. The van der Waals surface area contributed by atoms with Crippen LogP contribution in [0.4, 0.5) is 0 Å². The van der Waals surface area contributed by atoms with Crippen molar-refractivity contribution in [1.29, 1.82) is 0 Å². The zero-order valence-corrected chi connectivity index (χ0v) is 30.9. The van der Waals surface area contributed by atoms with Crippen molar-refractivity contribution < 1.29 is 9.90 Å². The van der Waals surface area contributed by atoms with Gasteiger partial charge in [0.2, 0.25) is 5.91 Å². The molecule has 0 fully saturated rings. The summed E-state index contributed by atoms with van der Waals surface area (Å²) in [5.74, 6) is 0.107. The summed E-state index contributed by atoms with van der Waals surface area (Å²) in [6, 6.07) is -0.143. The summed E-state index contributed by atoms with van der Waals surface area (Å²) in [4.78, 5) is 12.3. The average Bonchev–Trinajstić information content (AvgIpc) is 3.03. The molecule has 3 nitrogen and oxygen atoms in total. The molecule has 266 valence electrons. The molecule has 0 heterocycles. The lowest BCUT2D eigenvalue weighted by Gasteiger charge is -2.20. The lowest BCUT2D eigenvalue weighted by Crippen LogP contribution is -2.41. The van der Waals surface area contributed by atoms with Gasteiger partial charge in [0, 0.05) is 6.42 Å². The average molecular weight is 632 g/mol. The van der Waals surface area contributed by atoms with Crippen LogP contribution in [0.1, 0.15) is 226 Å². The first kappa shape index (κ1) is 43.9. The first-order valence-corrected chi connectivity index (χ1v) is 20.4. The van der Waals surface area contributed by atoms with Crippen LogP contribution < -0.4 is 5.32 Å². The van der Waals surface area contributed by atoms with Crippen LogP contribution in [0.2, 0.25) is 0 Å². The molecule has 0 saturated heterocycles. The number of hydrogen-bond acceptors (Lipinski definition) is 2. The summed E-state index contributed by atoms with van der Waals surface area (Å²) in [6.45, 7) is 6.47. The standard InChI is InChI=1S/C42H81NO2/c1-4-6-8-10-12-14-16-18-19-20-21-22-23-24-25-27-29-31-33-35-37-39-42(45)43-40(3)41(44)38-36-34-32-30-28-26-17-15-13-11-9-7-5-2/h9,11,18-19,40-41,44H,4-8,10,12-17,20-39H2,1-3H3,(H,43,45). The van der Waals surface area contributed by atoms with Gasteiger partial charge in [-0.15, -0.1) is 0 Å². The molecule has 0 rings (SSSR count). The number of rotatable bonds is 36.